The zero-order chi connectivity index (χ0) is 21.1. The van der Waals surface area contributed by atoms with E-state index < -0.39 is 0 Å². The Hall–Kier alpha value is -3.12. The normalized spacial score (nSPS) is 11.2. The fraction of sp³-hybridized carbons (Fsp3) is 0.304. The molecule has 0 aliphatic heterocycles. The highest BCUT2D eigenvalue weighted by Crippen LogP contribution is 2.14. The maximum Gasteiger partial charge on any atom is 0.267 e. The summed E-state index contributed by atoms with van der Waals surface area (Å²) in [7, 11) is 1.60. The molecule has 2 amide bonds. The number of carbonyl (C=O) groups is 2. The fourth-order valence-electron chi connectivity index (χ4n) is 2.77. The van der Waals surface area contributed by atoms with Crippen LogP contribution in [0.25, 0.3) is 6.08 Å². The van der Waals surface area contributed by atoms with Crippen molar-refractivity contribution in [2.75, 3.05) is 33.3 Å². The van der Waals surface area contributed by atoms with Crippen LogP contribution in [0.4, 0.5) is 0 Å². The Morgan fingerprint density at radius 1 is 1.00 bits per heavy atom. The van der Waals surface area contributed by atoms with Crippen LogP contribution in [0.15, 0.2) is 60.3 Å². The van der Waals surface area contributed by atoms with Crippen molar-refractivity contribution in [1.29, 1.82) is 0 Å². The van der Waals surface area contributed by atoms with Crippen molar-refractivity contribution in [2.45, 2.75) is 13.8 Å². The first-order valence-corrected chi connectivity index (χ1v) is 9.80. The summed E-state index contributed by atoms with van der Waals surface area (Å²) in [6.07, 6.45) is 1.66. The van der Waals surface area contributed by atoms with Gasteiger partial charge in [-0.25, -0.2) is 0 Å². The third kappa shape index (κ3) is 7.08. The molecule has 0 atom stereocenters. The molecule has 0 aliphatic rings. The van der Waals surface area contributed by atoms with E-state index in [2.05, 4.69) is 29.4 Å². The third-order valence-corrected chi connectivity index (χ3v) is 4.56. The van der Waals surface area contributed by atoms with Crippen LogP contribution in [-0.4, -0.2) is 50.0 Å². The summed E-state index contributed by atoms with van der Waals surface area (Å²) in [5, 5.41) is 5.63. The van der Waals surface area contributed by atoms with Gasteiger partial charge in [-0.1, -0.05) is 44.2 Å². The minimum Gasteiger partial charge on any atom is -0.497 e. The van der Waals surface area contributed by atoms with E-state index in [1.54, 1.807) is 49.6 Å². The zero-order valence-electron chi connectivity index (χ0n) is 17.3. The molecular formula is C23H29N3O3. The first-order valence-electron chi connectivity index (χ1n) is 9.80. The minimum absolute atomic E-state index is 0.198. The van der Waals surface area contributed by atoms with Crippen molar-refractivity contribution in [1.82, 2.24) is 15.5 Å². The second-order valence-electron chi connectivity index (χ2n) is 6.43. The molecule has 0 radical (unpaired) electrons. The summed E-state index contributed by atoms with van der Waals surface area (Å²) < 4.78 is 5.17. The van der Waals surface area contributed by atoms with E-state index in [9.17, 15) is 9.59 Å². The molecule has 2 rings (SSSR count). The molecule has 0 saturated carbocycles. The van der Waals surface area contributed by atoms with E-state index in [4.69, 9.17) is 4.74 Å². The molecule has 6 nitrogen and oxygen atoms in total. The molecule has 6 heteroatoms. The van der Waals surface area contributed by atoms with Gasteiger partial charge in [0.1, 0.15) is 11.4 Å². The van der Waals surface area contributed by atoms with E-state index in [1.165, 1.54) is 0 Å². The van der Waals surface area contributed by atoms with Crippen LogP contribution < -0.4 is 15.4 Å². The Balaban J connectivity index is 2.16. The molecule has 0 spiro atoms. The van der Waals surface area contributed by atoms with Crippen LogP contribution in [0.3, 0.4) is 0 Å². The molecule has 0 unspecified atom stereocenters. The van der Waals surface area contributed by atoms with E-state index in [-0.39, 0.29) is 17.5 Å². The van der Waals surface area contributed by atoms with Gasteiger partial charge in [-0.2, -0.15) is 0 Å². The highest BCUT2D eigenvalue weighted by molar-refractivity contribution is 6.05. The van der Waals surface area contributed by atoms with Gasteiger partial charge in [-0.3, -0.25) is 9.59 Å². The van der Waals surface area contributed by atoms with Crippen molar-refractivity contribution < 1.29 is 14.3 Å². The average Bonchev–Trinajstić information content (AvgIpc) is 2.77. The number of benzene rings is 2. The zero-order valence-corrected chi connectivity index (χ0v) is 17.3. The molecule has 0 aliphatic carbocycles. The van der Waals surface area contributed by atoms with E-state index in [0.717, 1.165) is 30.9 Å². The summed E-state index contributed by atoms with van der Waals surface area (Å²) in [6.45, 7) is 7.26. The molecule has 2 aromatic carbocycles. The predicted octanol–water partition coefficient (Wildman–Crippen LogP) is 2.92. The Morgan fingerprint density at radius 3 is 2.24 bits per heavy atom. The van der Waals surface area contributed by atoms with Crippen LogP contribution in [0.5, 0.6) is 5.75 Å². The van der Waals surface area contributed by atoms with Crippen LogP contribution in [0, 0.1) is 0 Å². The van der Waals surface area contributed by atoms with Crippen LogP contribution in [0.2, 0.25) is 0 Å². The summed E-state index contributed by atoms with van der Waals surface area (Å²) >= 11 is 0. The number of hydrogen-bond donors (Lipinski definition) is 2. The topological polar surface area (TPSA) is 70.7 Å². The van der Waals surface area contributed by atoms with Crippen molar-refractivity contribution in [3.63, 3.8) is 0 Å². The quantitative estimate of drug-likeness (QED) is 0.607. The number of methoxy groups -OCH3 is 1. The number of hydrogen-bond acceptors (Lipinski definition) is 4. The van der Waals surface area contributed by atoms with Gasteiger partial charge >= 0.3 is 0 Å². The van der Waals surface area contributed by atoms with E-state index >= 15 is 0 Å². The molecule has 154 valence electrons. The van der Waals surface area contributed by atoms with Crippen LogP contribution >= 0.6 is 0 Å². The third-order valence-electron chi connectivity index (χ3n) is 4.56. The molecule has 2 N–H and O–H groups in total. The van der Waals surface area contributed by atoms with E-state index in [1.807, 2.05) is 18.2 Å². The van der Waals surface area contributed by atoms with Crippen LogP contribution in [0.1, 0.15) is 29.8 Å². The molecule has 0 aromatic heterocycles. The molecule has 0 bridgehead atoms. The van der Waals surface area contributed by atoms with E-state index in [0.29, 0.717) is 12.1 Å². The Labute approximate surface area is 172 Å². The maximum atomic E-state index is 12.8. The molecule has 2 aromatic rings. The lowest BCUT2D eigenvalue weighted by Gasteiger charge is -2.18. The lowest BCUT2D eigenvalue weighted by molar-refractivity contribution is -0.117. The van der Waals surface area contributed by atoms with Gasteiger partial charge in [0, 0.05) is 18.7 Å². The lowest BCUT2D eigenvalue weighted by Crippen LogP contribution is -2.39. The Bertz CT molecular complexity index is 813. The second-order valence-corrected chi connectivity index (χ2v) is 6.43. The van der Waals surface area contributed by atoms with Gasteiger partial charge in [0.25, 0.3) is 11.8 Å². The summed E-state index contributed by atoms with van der Waals surface area (Å²) in [4.78, 5) is 27.5. The fourth-order valence-corrected chi connectivity index (χ4v) is 2.77. The smallest absolute Gasteiger partial charge is 0.267 e. The Morgan fingerprint density at radius 2 is 1.66 bits per heavy atom. The average molecular weight is 396 g/mol. The largest absolute Gasteiger partial charge is 0.497 e. The second kappa shape index (κ2) is 11.7. The summed E-state index contributed by atoms with van der Waals surface area (Å²) in [5.74, 6) is 0.0715. The first kappa shape index (κ1) is 22.2. The highest BCUT2D eigenvalue weighted by atomic mass is 16.5. The van der Waals surface area contributed by atoms with Gasteiger partial charge in [-0.15, -0.1) is 0 Å². The first-order chi connectivity index (χ1) is 14.1. The summed E-state index contributed by atoms with van der Waals surface area (Å²) in [5.41, 5.74) is 1.47. The number of nitrogens with zero attached hydrogens (tertiary/aromatic N) is 1. The number of likely N-dealkylation sites (N-methyl/N-ethyl adjacent to an activating group) is 1. The lowest BCUT2D eigenvalue weighted by atomic mass is 10.1. The van der Waals surface area contributed by atoms with Crippen molar-refractivity contribution >= 4 is 17.9 Å². The Kier molecular flexibility index (Phi) is 8.92. The van der Waals surface area contributed by atoms with Crippen molar-refractivity contribution in [2.24, 2.45) is 0 Å². The molecular weight excluding hydrogens is 366 g/mol. The maximum absolute atomic E-state index is 12.8. The van der Waals surface area contributed by atoms with Gasteiger partial charge in [0.2, 0.25) is 0 Å². The van der Waals surface area contributed by atoms with Gasteiger partial charge < -0.3 is 20.3 Å². The predicted molar refractivity (Wildman–Crippen MR) is 116 cm³/mol. The highest BCUT2D eigenvalue weighted by Gasteiger charge is 2.14. The SMILES string of the molecule is CCN(CC)CCNC(=O)/C(=C/c1ccc(OC)cc1)NC(=O)c1ccccc1. The number of nitrogens with one attached hydrogen (secondary N) is 2. The van der Waals surface area contributed by atoms with Gasteiger partial charge in [0.05, 0.1) is 7.11 Å². The number of ether oxygens (including phenoxy) is 1. The molecule has 0 fully saturated rings. The van der Waals surface area contributed by atoms with Gasteiger partial charge in [-0.05, 0) is 49.0 Å². The van der Waals surface area contributed by atoms with Crippen molar-refractivity contribution in [3.05, 3.63) is 71.4 Å². The minimum atomic E-state index is -0.329. The molecule has 29 heavy (non-hydrogen) atoms. The molecule has 0 heterocycles. The monoisotopic (exact) mass is 395 g/mol. The number of rotatable bonds is 10. The van der Waals surface area contributed by atoms with Crippen LogP contribution in [-0.2, 0) is 4.79 Å². The molecule has 0 saturated heterocycles. The number of carbonyl (C=O) groups excluding carboxylic acids is 2. The standard InChI is InChI=1S/C23H29N3O3/c1-4-26(5-2)16-15-24-23(28)21(17-18-11-13-20(29-3)14-12-18)25-22(27)19-9-7-6-8-10-19/h6-14,17H,4-5,15-16H2,1-3H3,(H,24,28)(H,25,27)/b21-17-. The van der Waals surface area contributed by atoms with Gasteiger partial charge in [0.15, 0.2) is 0 Å². The summed E-state index contributed by atoms with van der Waals surface area (Å²) in [6, 6.07) is 16.1. The van der Waals surface area contributed by atoms with Crippen molar-refractivity contribution in [3.8, 4) is 5.75 Å². The number of amides is 2.